The highest BCUT2D eigenvalue weighted by atomic mass is 32.2. The van der Waals surface area contributed by atoms with Gasteiger partial charge in [0.25, 0.3) is 0 Å². The van der Waals surface area contributed by atoms with E-state index < -0.39 is 11.5 Å². The molecule has 1 unspecified atom stereocenters. The third kappa shape index (κ3) is 3.71. The Labute approximate surface area is 105 Å². The summed E-state index contributed by atoms with van der Waals surface area (Å²) in [4.78, 5) is 11.3. The monoisotopic (exact) mass is 258 g/mol. The fraction of sp³-hybridized carbons (Fsp3) is 0.700. The van der Waals surface area contributed by atoms with Crippen molar-refractivity contribution in [3.63, 3.8) is 0 Å². The number of carboxylic acids is 1. The third-order valence-corrected chi connectivity index (χ3v) is 3.59. The summed E-state index contributed by atoms with van der Waals surface area (Å²) in [5.74, 6) is -0.464. The van der Waals surface area contributed by atoms with Crippen LogP contribution >= 0.6 is 11.8 Å². The molecule has 0 saturated carbocycles. The maximum absolute atomic E-state index is 11.3. The fourth-order valence-corrected chi connectivity index (χ4v) is 2.39. The van der Waals surface area contributed by atoms with Crippen molar-refractivity contribution >= 4 is 17.7 Å². The molecule has 2 N–H and O–H groups in total. The van der Waals surface area contributed by atoms with E-state index >= 15 is 0 Å². The zero-order valence-electron chi connectivity index (χ0n) is 10.5. The van der Waals surface area contributed by atoms with Crippen LogP contribution in [0.2, 0.25) is 0 Å². The number of hydrogen-bond acceptors (Lipinski definition) is 5. The molecule has 1 atom stereocenters. The van der Waals surface area contributed by atoms with Gasteiger partial charge >= 0.3 is 5.97 Å². The Morgan fingerprint density at radius 1 is 1.71 bits per heavy atom. The Balaban J connectivity index is 2.68. The topological polar surface area (TPSA) is 80.0 Å². The van der Waals surface area contributed by atoms with Crippen molar-refractivity contribution < 1.29 is 9.90 Å². The standard InChI is InChI=1S/C10H18N4O2S/c1-7(2)12-10(3,8(15)16)5-17-9-13-11-6-14(9)4/h6-7,12H,5H2,1-4H3,(H,15,16). The second kappa shape index (κ2) is 5.50. The van der Waals surface area contributed by atoms with Crippen molar-refractivity contribution in [3.8, 4) is 0 Å². The van der Waals surface area contributed by atoms with Gasteiger partial charge in [0.15, 0.2) is 5.16 Å². The Bertz CT molecular complexity index is 393. The van der Waals surface area contributed by atoms with Crippen LogP contribution in [0.25, 0.3) is 0 Å². The zero-order valence-corrected chi connectivity index (χ0v) is 11.3. The van der Waals surface area contributed by atoms with E-state index in [1.165, 1.54) is 11.8 Å². The van der Waals surface area contributed by atoms with Crippen LogP contribution in [0.4, 0.5) is 0 Å². The van der Waals surface area contributed by atoms with Crippen molar-refractivity contribution in [3.05, 3.63) is 6.33 Å². The second-order valence-corrected chi connectivity index (χ2v) is 5.39. The van der Waals surface area contributed by atoms with Gasteiger partial charge in [0, 0.05) is 18.8 Å². The molecule has 1 heterocycles. The number of nitrogens with zero attached hydrogens (tertiary/aromatic N) is 3. The smallest absolute Gasteiger partial charge is 0.324 e. The molecule has 0 fully saturated rings. The highest BCUT2D eigenvalue weighted by Crippen LogP contribution is 2.20. The molecule has 7 heteroatoms. The van der Waals surface area contributed by atoms with Crippen LogP contribution in [0.3, 0.4) is 0 Å². The molecule has 6 nitrogen and oxygen atoms in total. The molecular weight excluding hydrogens is 240 g/mol. The average molecular weight is 258 g/mol. The van der Waals surface area contributed by atoms with Crippen molar-refractivity contribution in [2.45, 2.75) is 37.5 Å². The predicted molar refractivity (Wildman–Crippen MR) is 66.0 cm³/mol. The van der Waals surface area contributed by atoms with E-state index in [2.05, 4.69) is 15.5 Å². The molecule has 0 aromatic carbocycles. The molecule has 0 aliphatic rings. The summed E-state index contributed by atoms with van der Waals surface area (Å²) in [6, 6.07) is 0.108. The van der Waals surface area contributed by atoms with Gasteiger partial charge in [-0.25, -0.2) is 0 Å². The molecule has 0 saturated heterocycles. The zero-order chi connectivity index (χ0) is 13.1. The maximum Gasteiger partial charge on any atom is 0.324 e. The fourth-order valence-electron chi connectivity index (χ4n) is 1.41. The Morgan fingerprint density at radius 3 is 2.76 bits per heavy atom. The molecule has 1 aromatic rings. The molecule has 0 radical (unpaired) electrons. The van der Waals surface area contributed by atoms with E-state index in [0.717, 1.165) is 0 Å². The lowest BCUT2D eigenvalue weighted by Crippen LogP contribution is -2.54. The van der Waals surface area contributed by atoms with Crippen LogP contribution in [0.15, 0.2) is 11.5 Å². The second-order valence-electron chi connectivity index (χ2n) is 4.45. The van der Waals surface area contributed by atoms with Crippen LogP contribution in [-0.4, -0.2) is 43.2 Å². The van der Waals surface area contributed by atoms with Crippen molar-refractivity contribution in [2.24, 2.45) is 7.05 Å². The summed E-state index contributed by atoms with van der Waals surface area (Å²) in [6.07, 6.45) is 1.59. The number of aryl methyl sites for hydroxylation is 1. The summed E-state index contributed by atoms with van der Waals surface area (Å²) in [7, 11) is 1.83. The van der Waals surface area contributed by atoms with Gasteiger partial charge < -0.3 is 9.67 Å². The van der Waals surface area contributed by atoms with Crippen molar-refractivity contribution in [1.82, 2.24) is 20.1 Å². The van der Waals surface area contributed by atoms with Crippen molar-refractivity contribution in [1.29, 1.82) is 0 Å². The third-order valence-electron chi connectivity index (χ3n) is 2.24. The van der Waals surface area contributed by atoms with Crippen LogP contribution in [-0.2, 0) is 11.8 Å². The van der Waals surface area contributed by atoms with E-state index in [9.17, 15) is 9.90 Å². The van der Waals surface area contributed by atoms with Gasteiger partial charge in [-0.3, -0.25) is 10.1 Å². The number of hydrogen-bond donors (Lipinski definition) is 2. The number of thioether (sulfide) groups is 1. The molecule has 1 rings (SSSR count). The minimum absolute atomic E-state index is 0.108. The lowest BCUT2D eigenvalue weighted by atomic mass is 10.1. The largest absolute Gasteiger partial charge is 0.480 e. The van der Waals surface area contributed by atoms with Gasteiger partial charge in [-0.1, -0.05) is 11.8 Å². The summed E-state index contributed by atoms with van der Waals surface area (Å²) >= 11 is 1.38. The summed E-state index contributed by atoms with van der Waals surface area (Å²) < 4.78 is 1.77. The normalized spacial score (nSPS) is 14.9. The number of carbonyl (C=O) groups is 1. The number of aliphatic carboxylic acids is 1. The van der Waals surface area contributed by atoms with Crippen LogP contribution < -0.4 is 5.32 Å². The lowest BCUT2D eigenvalue weighted by Gasteiger charge is -2.27. The van der Waals surface area contributed by atoms with E-state index in [0.29, 0.717) is 10.9 Å². The minimum atomic E-state index is -0.967. The molecule has 0 aliphatic carbocycles. The molecule has 0 aliphatic heterocycles. The first-order chi connectivity index (χ1) is 7.85. The number of rotatable bonds is 6. The number of carboxylic acid groups (broad SMARTS) is 1. The van der Waals surface area contributed by atoms with Crippen LogP contribution in [0.5, 0.6) is 0 Å². The van der Waals surface area contributed by atoms with E-state index in [-0.39, 0.29) is 6.04 Å². The summed E-state index contributed by atoms with van der Waals surface area (Å²) in [6.45, 7) is 5.53. The Kier molecular flexibility index (Phi) is 4.53. The van der Waals surface area contributed by atoms with E-state index in [4.69, 9.17) is 0 Å². The Morgan fingerprint density at radius 2 is 2.35 bits per heavy atom. The van der Waals surface area contributed by atoms with Gasteiger partial charge in [-0.15, -0.1) is 10.2 Å². The molecular formula is C10H18N4O2S. The molecule has 96 valence electrons. The first kappa shape index (κ1) is 14.0. The van der Waals surface area contributed by atoms with Gasteiger partial charge in [0.1, 0.15) is 11.9 Å². The number of aromatic nitrogens is 3. The van der Waals surface area contributed by atoms with Gasteiger partial charge in [-0.2, -0.15) is 0 Å². The Hall–Kier alpha value is -1.08. The van der Waals surface area contributed by atoms with Gasteiger partial charge in [0.05, 0.1) is 0 Å². The molecule has 0 spiro atoms. The van der Waals surface area contributed by atoms with Crippen LogP contribution in [0, 0.1) is 0 Å². The summed E-state index contributed by atoms with van der Waals surface area (Å²) in [5, 5.41) is 20.7. The summed E-state index contributed by atoms with van der Waals surface area (Å²) in [5.41, 5.74) is -0.967. The predicted octanol–water partition coefficient (Wildman–Crippen LogP) is 0.748. The molecule has 0 amide bonds. The van der Waals surface area contributed by atoms with Gasteiger partial charge in [-0.05, 0) is 20.8 Å². The minimum Gasteiger partial charge on any atom is -0.480 e. The van der Waals surface area contributed by atoms with Crippen molar-refractivity contribution in [2.75, 3.05) is 5.75 Å². The van der Waals surface area contributed by atoms with E-state index in [1.807, 2.05) is 20.9 Å². The molecule has 17 heavy (non-hydrogen) atoms. The highest BCUT2D eigenvalue weighted by Gasteiger charge is 2.34. The molecule has 1 aromatic heterocycles. The quantitative estimate of drug-likeness (QED) is 0.733. The molecule has 0 bridgehead atoms. The SMILES string of the molecule is CC(C)NC(C)(CSc1nncn1C)C(=O)O. The van der Waals surface area contributed by atoms with Gasteiger partial charge in [0.2, 0.25) is 0 Å². The highest BCUT2D eigenvalue weighted by molar-refractivity contribution is 7.99. The number of nitrogens with one attached hydrogen (secondary N) is 1. The van der Waals surface area contributed by atoms with Crippen LogP contribution in [0.1, 0.15) is 20.8 Å². The maximum atomic E-state index is 11.3. The van der Waals surface area contributed by atoms with E-state index in [1.54, 1.807) is 17.8 Å². The first-order valence-electron chi connectivity index (χ1n) is 5.33. The lowest BCUT2D eigenvalue weighted by molar-refractivity contribution is -0.143. The first-order valence-corrected chi connectivity index (χ1v) is 6.31. The average Bonchev–Trinajstić information content (AvgIpc) is 2.60.